The molecule has 108 valence electrons. The van der Waals surface area contributed by atoms with Gasteiger partial charge in [0.05, 0.1) is 5.69 Å². The standard InChI is InChI=1S/C15H21N3O2/c1-12-4-3-5-15(8-12)20-11-14(19)10-16-9-13-6-7-18(2)17-13/h3-8,14,16,19H,9-11H2,1-2H3. The van der Waals surface area contributed by atoms with Gasteiger partial charge in [-0.1, -0.05) is 12.1 Å². The molecule has 0 aliphatic heterocycles. The summed E-state index contributed by atoms with van der Waals surface area (Å²) in [6, 6.07) is 9.74. The number of ether oxygens (including phenoxy) is 1. The van der Waals surface area contributed by atoms with E-state index in [1.807, 2.05) is 50.5 Å². The van der Waals surface area contributed by atoms with Crippen LogP contribution in [-0.2, 0) is 13.6 Å². The van der Waals surface area contributed by atoms with Crippen molar-refractivity contribution >= 4 is 0 Å². The second kappa shape index (κ2) is 7.07. The highest BCUT2D eigenvalue weighted by atomic mass is 16.5. The van der Waals surface area contributed by atoms with E-state index in [-0.39, 0.29) is 6.61 Å². The summed E-state index contributed by atoms with van der Waals surface area (Å²) >= 11 is 0. The minimum Gasteiger partial charge on any atom is -0.491 e. The summed E-state index contributed by atoms with van der Waals surface area (Å²) in [5.74, 6) is 0.786. The van der Waals surface area contributed by atoms with E-state index in [4.69, 9.17) is 4.74 Å². The highest BCUT2D eigenvalue weighted by molar-refractivity contribution is 5.27. The first-order chi connectivity index (χ1) is 9.63. The van der Waals surface area contributed by atoms with Gasteiger partial charge in [0.1, 0.15) is 18.5 Å². The Balaban J connectivity index is 1.66. The first-order valence-corrected chi connectivity index (χ1v) is 6.70. The molecule has 2 aromatic rings. The van der Waals surface area contributed by atoms with Gasteiger partial charge in [-0.2, -0.15) is 5.10 Å². The number of nitrogens with one attached hydrogen (secondary N) is 1. The van der Waals surface area contributed by atoms with E-state index in [9.17, 15) is 5.11 Å². The maximum absolute atomic E-state index is 9.85. The highest BCUT2D eigenvalue weighted by Gasteiger charge is 2.05. The van der Waals surface area contributed by atoms with Crippen molar-refractivity contribution in [2.45, 2.75) is 19.6 Å². The minimum atomic E-state index is -0.542. The predicted molar refractivity (Wildman–Crippen MR) is 77.6 cm³/mol. The number of aliphatic hydroxyl groups is 1. The van der Waals surface area contributed by atoms with Gasteiger partial charge in [0.15, 0.2) is 0 Å². The van der Waals surface area contributed by atoms with Crippen LogP contribution in [0.2, 0.25) is 0 Å². The van der Waals surface area contributed by atoms with E-state index in [2.05, 4.69) is 10.4 Å². The summed E-state index contributed by atoms with van der Waals surface area (Å²) in [4.78, 5) is 0. The molecule has 1 unspecified atom stereocenters. The number of aromatic nitrogens is 2. The molecule has 0 aliphatic rings. The van der Waals surface area contributed by atoms with Crippen molar-refractivity contribution < 1.29 is 9.84 Å². The van der Waals surface area contributed by atoms with Gasteiger partial charge >= 0.3 is 0 Å². The van der Waals surface area contributed by atoms with Crippen molar-refractivity contribution in [1.82, 2.24) is 15.1 Å². The zero-order valence-electron chi connectivity index (χ0n) is 11.9. The van der Waals surface area contributed by atoms with Crippen LogP contribution in [0.1, 0.15) is 11.3 Å². The lowest BCUT2D eigenvalue weighted by Gasteiger charge is -2.13. The topological polar surface area (TPSA) is 59.3 Å². The van der Waals surface area contributed by atoms with Crippen LogP contribution in [0.15, 0.2) is 36.5 Å². The summed E-state index contributed by atoms with van der Waals surface area (Å²) < 4.78 is 7.30. The van der Waals surface area contributed by atoms with Crippen LogP contribution in [0.4, 0.5) is 0 Å². The maximum Gasteiger partial charge on any atom is 0.119 e. The molecule has 1 atom stereocenters. The number of hydrogen-bond acceptors (Lipinski definition) is 4. The summed E-state index contributed by atoms with van der Waals surface area (Å²) in [5, 5.41) is 17.3. The zero-order chi connectivity index (χ0) is 14.4. The molecular formula is C15H21N3O2. The summed E-state index contributed by atoms with van der Waals surface area (Å²) in [7, 11) is 1.88. The molecular weight excluding hydrogens is 254 g/mol. The van der Waals surface area contributed by atoms with E-state index >= 15 is 0 Å². The SMILES string of the molecule is Cc1cccc(OCC(O)CNCc2ccn(C)n2)c1. The minimum absolute atomic E-state index is 0.276. The van der Waals surface area contributed by atoms with E-state index in [1.54, 1.807) is 4.68 Å². The van der Waals surface area contributed by atoms with Crippen molar-refractivity contribution in [3.05, 3.63) is 47.8 Å². The molecule has 0 fully saturated rings. The van der Waals surface area contributed by atoms with Gasteiger partial charge in [0.2, 0.25) is 0 Å². The van der Waals surface area contributed by atoms with E-state index in [1.165, 1.54) is 0 Å². The average molecular weight is 275 g/mol. The second-order valence-electron chi connectivity index (χ2n) is 4.89. The molecule has 1 aromatic carbocycles. The summed E-state index contributed by atoms with van der Waals surface area (Å²) in [5.41, 5.74) is 2.10. The Labute approximate surface area is 119 Å². The number of hydrogen-bond donors (Lipinski definition) is 2. The molecule has 5 heteroatoms. The Kier molecular flexibility index (Phi) is 5.15. The third-order valence-corrected chi connectivity index (χ3v) is 2.89. The molecule has 2 N–H and O–H groups in total. The molecule has 20 heavy (non-hydrogen) atoms. The fourth-order valence-electron chi connectivity index (χ4n) is 1.88. The quantitative estimate of drug-likeness (QED) is 0.798. The molecule has 0 radical (unpaired) electrons. The van der Waals surface area contributed by atoms with Gasteiger partial charge in [0.25, 0.3) is 0 Å². The molecule has 0 amide bonds. The molecule has 1 aromatic heterocycles. The van der Waals surface area contributed by atoms with Crippen LogP contribution in [0.25, 0.3) is 0 Å². The van der Waals surface area contributed by atoms with Crippen LogP contribution in [0.5, 0.6) is 5.75 Å². The first kappa shape index (κ1) is 14.6. The van der Waals surface area contributed by atoms with Crippen LogP contribution in [-0.4, -0.2) is 34.1 Å². The molecule has 0 saturated heterocycles. The Morgan fingerprint density at radius 1 is 1.40 bits per heavy atom. The van der Waals surface area contributed by atoms with Gasteiger partial charge in [-0.25, -0.2) is 0 Å². The molecule has 2 rings (SSSR count). The van der Waals surface area contributed by atoms with Gasteiger partial charge in [-0.3, -0.25) is 4.68 Å². The Hall–Kier alpha value is -1.85. The Bertz CT molecular complexity index is 539. The lowest BCUT2D eigenvalue weighted by Crippen LogP contribution is -2.31. The Morgan fingerprint density at radius 3 is 2.95 bits per heavy atom. The van der Waals surface area contributed by atoms with E-state index < -0.39 is 6.10 Å². The summed E-state index contributed by atoms with van der Waals surface area (Å²) in [6.07, 6.45) is 1.35. The predicted octanol–water partition coefficient (Wildman–Crippen LogP) is 1.26. The van der Waals surface area contributed by atoms with Crippen molar-refractivity contribution in [2.75, 3.05) is 13.2 Å². The van der Waals surface area contributed by atoms with E-state index in [0.29, 0.717) is 13.1 Å². The summed E-state index contributed by atoms with van der Waals surface area (Å²) in [6.45, 7) is 3.40. The highest BCUT2D eigenvalue weighted by Crippen LogP contribution is 2.12. The monoisotopic (exact) mass is 275 g/mol. The zero-order valence-corrected chi connectivity index (χ0v) is 11.9. The van der Waals surface area contributed by atoms with Gasteiger partial charge in [-0.15, -0.1) is 0 Å². The van der Waals surface area contributed by atoms with Gasteiger partial charge in [0, 0.05) is 26.3 Å². The lowest BCUT2D eigenvalue weighted by atomic mass is 10.2. The van der Waals surface area contributed by atoms with E-state index in [0.717, 1.165) is 17.0 Å². The number of benzene rings is 1. The molecule has 0 saturated carbocycles. The van der Waals surface area contributed by atoms with Crippen LogP contribution >= 0.6 is 0 Å². The molecule has 1 heterocycles. The number of rotatable bonds is 7. The Morgan fingerprint density at radius 2 is 2.25 bits per heavy atom. The third kappa shape index (κ3) is 4.68. The smallest absolute Gasteiger partial charge is 0.119 e. The largest absolute Gasteiger partial charge is 0.491 e. The molecule has 5 nitrogen and oxygen atoms in total. The van der Waals surface area contributed by atoms with Gasteiger partial charge < -0.3 is 15.2 Å². The van der Waals surface area contributed by atoms with Crippen LogP contribution in [0.3, 0.4) is 0 Å². The molecule has 0 bridgehead atoms. The number of nitrogens with zero attached hydrogens (tertiary/aromatic N) is 2. The van der Waals surface area contributed by atoms with Crippen molar-refractivity contribution in [2.24, 2.45) is 7.05 Å². The average Bonchev–Trinajstić information content (AvgIpc) is 2.82. The number of aliphatic hydroxyl groups excluding tert-OH is 1. The first-order valence-electron chi connectivity index (χ1n) is 6.70. The lowest BCUT2D eigenvalue weighted by molar-refractivity contribution is 0.106. The second-order valence-corrected chi connectivity index (χ2v) is 4.89. The fourth-order valence-corrected chi connectivity index (χ4v) is 1.88. The third-order valence-electron chi connectivity index (χ3n) is 2.89. The van der Waals surface area contributed by atoms with Crippen molar-refractivity contribution in [3.63, 3.8) is 0 Å². The fraction of sp³-hybridized carbons (Fsp3) is 0.400. The molecule has 0 aliphatic carbocycles. The van der Waals surface area contributed by atoms with Crippen molar-refractivity contribution in [3.8, 4) is 5.75 Å². The van der Waals surface area contributed by atoms with Gasteiger partial charge in [-0.05, 0) is 30.7 Å². The van der Waals surface area contributed by atoms with Crippen LogP contribution < -0.4 is 10.1 Å². The maximum atomic E-state index is 9.85. The number of aryl methyl sites for hydroxylation is 2. The van der Waals surface area contributed by atoms with Crippen LogP contribution in [0, 0.1) is 6.92 Å². The molecule has 0 spiro atoms. The normalized spacial score (nSPS) is 12.3. The van der Waals surface area contributed by atoms with Crippen molar-refractivity contribution in [1.29, 1.82) is 0 Å².